The molecule has 0 bridgehead atoms. The average Bonchev–Trinajstić information content (AvgIpc) is 3.37. The van der Waals surface area contributed by atoms with E-state index in [1.54, 1.807) is 0 Å². The molecule has 0 saturated carbocycles. The molecule has 1 atom stereocenters. The molecule has 2 aliphatic rings. The van der Waals surface area contributed by atoms with Crippen molar-refractivity contribution < 1.29 is 22.1 Å². The number of piperidine rings is 1. The Morgan fingerprint density at radius 1 is 1.19 bits per heavy atom. The van der Waals surface area contributed by atoms with Crippen LogP contribution in [0.15, 0.2) is 27.6 Å². The molecule has 4 rings (SSSR count). The number of rotatable bonds is 6. The molecule has 0 radical (unpaired) electrons. The molecule has 0 spiro atoms. The average molecular weight is 466 g/mol. The molecule has 2 saturated heterocycles. The fraction of sp³-hybridized carbons (Fsp3) is 0.571. The smallest absolute Gasteiger partial charge is 0.266 e. The standard InChI is InChI=1S/C21H28FN5O4S/c1-13(2)19-24-21(25-31-19)26-9-6-14(7-10-26)27-11-8-18(20(27)28)23-17-5-4-15(12-16(17)22)32(3,29)30/h4-5,12-14,18,23H,6-11H2,1-3H3/t18-/m0/s1. The van der Waals surface area contributed by atoms with Crippen LogP contribution in [-0.2, 0) is 14.6 Å². The van der Waals surface area contributed by atoms with E-state index >= 15 is 0 Å². The second-order valence-corrected chi connectivity index (χ2v) is 10.8. The number of anilines is 2. The van der Waals surface area contributed by atoms with E-state index in [9.17, 15) is 17.6 Å². The van der Waals surface area contributed by atoms with Gasteiger partial charge in [0.05, 0.1) is 10.6 Å². The fourth-order valence-corrected chi connectivity index (χ4v) is 4.83. The van der Waals surface area contributed by atoms with Gasteiger partial charge in [-0.3, -0.25) is 4.79 Å². The third-order valence-electron chi connectivity index (χ3n) is 6.05. The molecule has 11 heteroatoms. The van der Waals surface area contributed by atoms with Gasteiger partial charge in [-0.2, -0.15) is 4.98 Å². The summed E-state index contributed by atoms with van der Waals surface area (Å²) in [4.78, 5) is 21.3. The van der Waals surface area contributed by atoms with Gasteiger partial charge in [-0.05, 0) is 42.6 Å². The highest BCUT2D eigenvalue weighted by molar-refractivity contribution is 7.90. The van der Waals surface area contributed by atoms with Gasteiger partial charge in [-0.1, -0.05) is 13.8 Å². The van der Waals surface area contributed by atoms with Gasteiger partial charge in [0.15, 0.2) is 9.84 Å². The number of likely N-dealkylation sites (tertiary alicyclic amines) is 1. The van der Waals surface area contributed by atoms with Crippen LogP contribution in [0, 0.1) is 5.82 Å². The first-order valence-electron chi connectivity index (χ1n) is 10.8. The summed E-state index contributed by atoms with van der Waals surface area (Å²) in [6.07, 6.45) is 3.18. The van der Waals surface area contributed by atoms with Crippen molar-refractivity contribution in [1.29, 1.82) is 0 Å². The number of nitrogens with zero attached hydrogens (tertiary/aromatic N) is 4. The van der Waals surface area contributed by atoms with E-state index in [-0.39, 0.29) is 28.4 Å². The molecule has 1 aromatic heterocycles. The Labute approximate surface area is 186 Å². The van der Waals surface area contributed by atoms with Crippen LogP contribution in [0.25, 0.3) is 0 Å². The Balaban J connectivity index is 1.35. The Morgan fingerprint density at radius 2 is 1.91 bits per heavy atom. The van der Waals surface area contributed by atoms with E-state index < -0.39 is 21.7 Å². The minimum absolute atomic E-state index is 0.0586. The highest BCUT2D eigenvalue weighted by Gasteiger charge is 2.38. The third-order valence-corrected chi connectivity index (χ3v) is 7.16. The topological polar surface area (TPSA) is 109 Å². The lowest BCUT2D eigenvalue weighted by atomic mass is 10.0. The number of carbonyl (C=O) groups is 1. The molecular formula is C21H28FN5O4S. The minimum atomic E-state index is -3.49. The Bertz CT molecular complexity index is 1100. The quantitative estimate of drug-likeness (QED) is 0.693. The summed E-state index contributed by atoms with van der Waals surface area (Å²) in [5.41, 5.74) is 0.130. The van der Waals surface area contributed by atoms with Crippen LogP contribution in [0.5, 0.6) is 0 Å². The number of sulfone groups is 1. The first kappa shape index (κ1) is 22.5. The Morgan fingerprint density at radius 3 is 2.50 bits per heavy atom. The molecule has 174 valence electrons. The van der Waals surface area contributed by atoms with Crippen molar-refractivity contribution in [2.45, 2.75) is 56.0 Å². The van der Waals surface area contributed by atoms with Crippen molar-refractivity contribution >= 4 is 27.4 Å². The van der Waals surface area contributed by atoms with Gasteiger partial charge in [0.2, 0.25) is 11.8 Å². The SMILES string of the molecule is CC(C)c1nc(N2CCC(N3CC[C@H](Nc4ccc(S(C)(=O)=O)cc4F)C3=O)CC2)no1. The largest absolute Gasteiger partial charge is 0.371 e. The number of hydrogen-bond acceptors (Lipinski definition) is 8. The summed E-state index contributed by atoms with van der Waals surface area (Å²) >= 11 is 0. The molecule has 2 aromatic rings. The maximum absolute atomic E-state index is 14.4. The highest BCUT2D eigenvalue weighted by atomic mass is 32.2. The maximum atomic E-state index is 14.4. The van der Waals surface area contributed by atoms with Crippen LogP contribution in [0.1, 0.15) is 44.9 Å². The number of halogens is 1. The molecule has 1 amide bonds. The monoisotopic (exact) mass is 465 g/mol. The number of amides is 1. The molecule has 32 heavy (non-hydrogen) atoms. The highest BCUT2D eigenvalue weighted by Crippen LogP contribution is 2.28. The normalized spacial score (nSPS) is 20.4. The molecule has 1 aromatic carbocycles. The van der Waals surface area contributed by atoms with Crippen LogP contribution in [0.2, 0.25) is 0 Å². The summed E-state index contributed by atoms with van der Waals surface area (Å²) in [6, 6.07) is 3.27. The van der Waals surface area contributed by atoms with Crippen LogP contribution < -0.4 is 10.2 Å². The van der Waals surface area contributed by atoms with Crippen molar-refractivity contribution in [3.63, 3.8) is 0 Å². The van der Waals surface area contributed by atoms with Crippen molar-refractivity contribution in [1.82, 2.24) is 15.0 Å². The summed E-state index contributed by atoms with van der Waals surface area (Å²) in [5, 5.41) is 7.01. The molecule has 2 fully saturated rings. The Kier molecular flexibility index (Phi) is 6.11. The molecular weight excluding hydrogens is 437 g/mol. The molecule has 2 aliphatic heterocycles. The van der Waals surface area contributed by atoms with Crippen LogP contribution in [-0.4, -0.2) is 67.3 Å². The van der Waals surface area contributed by atoms with E-state index in [0.29, 0.717) is 24.8 Å². The van der Waals surface area contributed by atoms with Gasteiger partial charge in [0.25, 0.3) is 5.95 Å². The van der Waals surface area contributed by atoms with Gasteiger partial charge >= 0.3 is 0 Å². The lowest BCUT2D eigenvalue weighted by molar-refractivity contribution is -0.130. The number of benzene rings is 1. The van der Waals surface area contributed by atoms with Crippen molar-refractivity contribution in [2.24, 2.45) is 0 Å². The van der Waals surface area contributed by atoms with Gasteiger partial charge in [0.1, 0.15) is 11.9 Å². The number of carbonyl (C=O) groups excluding carboxylic acids is 1. The lowest BCUT2D eigenvalue weighted by Gasteiger charge is -2.36. The first-order valence-corrected chi connectivity index (χ1v) is 12.7. The fourth-order valence-electron chi connectivity index (χ4n) is 4.20. The molecule has 0 aliphatic carbocycles. The zero-order valence-electron chi connectivity index (χ0n) is 18.4. The van der Waals surface area contributed by atoms with Crippen LogP contribution >= 0.6 is 0 Å². The van der Waals surface area contributed by atoms with Gasteiger partial charge in [0, 0.05) is 37.8 Å². The second-order valence-electron chi connectivity index (χ2n) is 8.74. The van der Waals surface area contributed by atoms with Crippen LogP contribution in [0.4, 0.5) is 16.0 Å². The van der Waals surface area contributed by atoms with E-state index in [1.165, 1.54) is 12.1 Å². The van der Waals surface area contributed by atoms with Crippen LogP contribution in [0.3, 0.4) is 0 Å². The van der Waals surface area contributed by atoms with Gasteiger partial charge < -0.3 is 19.6 Å². The zero-order valence-corrected chi connectivity index (χ0v) is 19.2. The summed E-state index contributed by atoms with van der Waals surface area (Å²) in [6.45, 7) is 6.05. The number of nitrogens with one attached hydrogen (secondary N) is 1. The van der Waals surface area contributed by atoms with E-state index in [2.05, 4.69) is 20.4 Å². The predicted octanol–water partition coefficient (Wildman–Crippen LogP) is 2.42. The second kappa shape index (κ2) is 8.68. The third kappa shape index (κ3) is 4.57. The first-order chi connectivity index (χ1) is 15.1. The van der Waals surface area contributed by atoms with E-state index in [4.69, 9.17) is 4.52 Å². The van der Waals surface area contributed by atoms with Crippen molar-refractivity contribution in [3.05, 3.63) is 29.9 Å². The van der Waals surface area contributed by atoms with Gasteiger partial charge in [-0.25, -0.2) is 12.8 Å². The summed E-state index contributed by atoms with van der Waals surface area (Å²) in [7, 11) is -3.49. The number of aromatic nitrogens is 2. The van der Waals surface area contributed by atoms with Gasteiger partial charge in [-0.15, -0.1) is 0 Å². The minimum Gasteiger partial charge on any atom is -0.371 e. The summed E-state index contributed by atoms with van der Waals surface area (Å²) < 4.78 is 42.9. The summed E-state index contributed by atoms with van der Waals surface area (Å²) in [5.74, 6) is 0.632. The maximum Gasteiger partial charge on any atom is 0.266 e. The molecule has 9 nitrogen and oxygen atoms in total. The zero-order chi connectivity index (χ0) is 23.0. The lowest BCUT2D eigenvalue weighted by Crippen LogP contribution is -2.47. The number of hydrogen-bond donors (Lipinski definition) is 1. The van der Waals surface area contributed by atoms with E-state index in [0.717, 1.165) is 38.3 Å². The van der Waals surface area contributed by atoms with Crippen molar-refractivity contribution in [2.75, 3.05) is 36.1 Å². The Hall–Kier alpha value is -2.69. The molecule has 1 N–H and O–H groups in total. The molecule has 0 unspecified atom stereocenters. The molecule has 3 heterocycles. The van der Waals surface area contributed by atoms with E-state index in [1.807, 2.05) is 18.7 Å². The van der Waals surface area contributed by atoms with Crippen molar-refractivity contribution in [3.8, 4) is 0 Å². The predicted molar refractivity (Wildman–Crippen MR) is 117 cm³/mol.